The number of carbonyl (C=O) groups is 2. The van der Waals surface area contributed by atoms with Gasteiger partial charge in [-0.05, 0) is 24.3 Å². The van der Waals surface area contributed by atoms with Crippen LogP contribution in [0.1, 0.15) is 22.3 Å². The normalized spacial score (nSPS) is 19.4. The van der Waals surface area contributed by atoms with Crippen LogP contribution in [0.25, 0.3) is 0 Å². The van der Waals surface area contributed by atoms with E-state index in [1.165, 1.54) is 12.1 Å². The molecule has 1 amide bonds. The van der Waals surface area contributed by atoms with Gasteiger partial charge >= 0.3 is 0 Å². The SMILES string of the molecule is O=C(CC1(O)C(=O)Nc2cc(Cl)cc(Cl)c21)c1ccc(Br)cc1. The van der Waals surface area contributed by atoms with Crippen molar-refractivity contribution in [2.75, 3.05) is 5.32 Å². The van der Waals surface area contributed by atoms with E-state index >= 15 is 0 Å². The number of anilines is 1. The third kappa shape index (κ3) is 2.90. The lowest BCUT2D eigenvalue weighted by Crippen LogP contribution is -2.36. The fourth-order valence-electron chi connectivity index (χ4n) is 2.57. The Balaban J connectivity index is 1.98. The molecule has 0 aliphatic carbocycles. The van der Waals surface area contributed by atoms with Gasteiger partial charge < -0.3 is 10.4 Å². The third-order valence-electron chi connectivity index (χ3n) is 3.68. The maximum Gasteiger partial charge on any atom is 0.261 e. The molecule has 0 bridgehead atoms. The number of carbonyl (C=O) groups excluding carboxylic acids is 2. The van der Waals surface area contributed by atoms with Crippen LogP contribution >= 0.6 is 39.1 Å². The van der Waals surface area contributed by atoms with Gasteiger partial charge in [-0.25, -0.2) is 0 Å². The van der Waals surface area contributed by atoms with Crippen molar-refractivity contribution in [3.8, 4) is 0 Å². The molecule has 118 valence electrons. The number of Topliss-reactive ketones (excluding diaryl/α,β-unsaturated/α-hetero) is 1. The highest BCUT2D eigenvalue weighted by molar-refractivity contribution is 9.10. The van der Waals surface area contributed by atoms with E-state index < -0.39 is 17.9 Å². The van der Waals surface area contributed by atoms with Gasteiger partial charge in [-0.15, -0.1) is 0 Å². The molecule has 2 aromatic carbocycles. The zero-order valence-electron chi connectivity index (χ0n) is 11.6. The van der Waals surface area contributed by atoms with Crippen LogP contribution < -0.4 is 5.32 Å². The van der Waals surface area contributed by atoms with Crippen LogP contribution in [0.2, 0.25) is 10.0 Å². The second-order valence-corrected chi connectivity index (χ2v) is 6.99. The van der Waals surface area contributed by atoms with E-state index in [0.717, 1.165) is 4.47 Å². The molecule has 0 fully saturated rings. The zero-order chi connectivity index (χ0) is 16.8. The van der Waals surface area contributed by atoms with Gasteiger partial charge in [0.05, 0.1) is 17.1 Å². The quantitative estimate of drug-likeness (QED) is 0.740. The second-order valence-electron chi connectivity index (χ2n) is 5.23. The zero-order valence-corrected chi connectivity index (χ0v) is 14.7. The minimum Gasteiger partial charge on any atom is -0.375 e. The average molecular weight is 415 g/mol. The third-order valence-corrected chi connectivity index (χ3v) is 4.72. The van der Waals surface area contributed by atoms with Gasteiger partial charge in [0.15, 0.2) is 11.4 Å². The Bertz CT molecular complexity index is 823. The summed E-state index contributed by atoms with van der Waals surface area (Å²) >= 11 is 15.3. The van der Waals surface area contributed by atoms with Crippen LogP contribution in [-0.2, 0) is 10.4 Å². The van der Waals surface area contributed by atoms with Crippen LogP contribution in [0.4, 0.5) is 5.69 Å². The van der Waals surface area contributed by atoms with Crippen molar-refractivity contribution in [2.24, 2.45) is 0 Å². The molecule has 1 aliphatic rings. The minimum absolute atomic E-state index is 0.136. The summed E-state index contributed by atoms with van der Waals surface area (Å²) in [5, 5.41) is 13.8. The van der Waals surface area contributed by atoms with E-state index in [9.17, 15) is 14.7 Å². The van der Waals surface area contributed by atoms with E-state index in [1.54, 1.807) is 24.3 Å². The fourth-order valence-corrected chi connectivity index (χ4v) is 3.48. The predicted octanol–water partition coefficient (Wildman–Crippen LogP) is 4.17. The molecule has 0 saturated heterocycles. The van der Waals surface area contributed by atoms with Crippen molar-refractivity contribution < 1.29 is 14.7 Å². The molecule has 1 heterocycles. The van der Waals surface area contributed by atoms with Gasteiger partial charge in [0, 0.05) is 20.6 Å². The number of fused-ring (bicyclic) bond motifs is 1. The number of amides is 1. The Morgan fingerprint density at radius 1 is 1.22 bits per heavy atom. The van der Waals surface area contributed by atoms with Crippen molar-refractivity contribution >= 4 is 56.5 Å². The molecule has 3 rings (SSSR count). The lowest BCUT2D eigenvalue weighted by atomic mass is 9.88. The highest BCUT2D eigenvalue weighted by Gasteiger charge is 2.48. The van der Waals surface area contributed by atoms with Crippen LogP contribution in [-0.4, -0.2) is 16.8 Å². The number of halogens is 3. The number of nitrogens with one attached hydrogen (secondary N) is 1. The predicted molar refractivity (Wildman–Crippen MR) is 92.1 cm³/mol. The number of rotatable bonds is 3. The second kappa shape index (κ2) is 5.91. The summed E-state index contributed by atoms with van der Waals surface area (Å²) in [6, 6.07) is 9.58. The van der Waals surface area contributed by atoms with Crippen LogP contribution in [0, 0.1) is 0 Å². The molecular formula is C16H10BrCl2NO3. The van der Waals surface area contributed by atoms with Crippen molar-refractivity contribution in [3.05, 3.63) is 62.0 Å². The van der Waals surface area contributed by atoms with Crippen molar-refractivity contribution in [1.82, 2.24) is 0 Å². The topological polar surface area (TPSA) is 66.4 Å². The minimum atomic E-state index is -2.01. The molecule has 1 unspecified atom stereocenters. The summed E-state index contributed by atoms with van der Waals surface area (Å²) in [6.07, 6.45) is -0.408. The van der Waals surface area contributed by atoms with Crippen molar-refractivity contribution in [3.63, 3.8) is 0 Å². The summed E-state index contributed by atoms with van der Waals surface area (Å²) in [7, 11) is 0. The Kier molecular flexibility index (Phi) is 4.23. The summed E-state index contributed by atoms with van der Waals surface area (Å²) in [6.45, 7) is 0. The molecular weight excluding hydrogens is 405 g/mol. The van der Waals surface area contributed by atoms with Crippen LogP contribution in [0.15, 0.2) is 40.9 Å². The fraction of sp³-hybridized carbons (Fsp3) is 0.125. The molecule has 23 heavy (non-hydrogen) atoms. The standard InChI is InChI=1S/C16H10BrCl2NO3/c17-9-3-1-8(2-4-9)13(21)7-16(23)14-11(19)5-10(18)6-12(14)20-15(16)22/h1-6,23H,7H2,(H,20,22). The van der Waals surface area contributed by atoms with Gasteiger partial charge in [-0.2, -0.15) is 0 Å². The Hall–Kier alpha value is -1.40. The molecule has 1 atom stereocenters. The highest BCUT2D eigenvalue weighted by atomic mass is 79.9. The number of hydrogen-bond acceptors (Lipinski definition) is 3. The Morgan fingerprint density at radius 2 is 1.87 bits per heavy atom. The van der Waals surface area contributed by atoms with Crippen LogP contribution in [0.3, 0.4) is 0 Å². The lowest BCUT2D eigenvalue weighted by Gasteiger charge is -2.21. The first-order chi connectivity index (χ1) is 10.8. The summed E-state index contributed by atoms with van der Waals surface area (Å²) in [4.78, 5) is 24.6. The molecule has 0 radical (unpaired) electrons. The molecule has 0 spiro atoms. The highest BCUT2D eigenvalue weighted by Crippen LogP contribution is 2.44. The summed E-state index contributed by atoms with van der Waals surface area (Å²) in [5.41, 5.74) is -1.12. The van der Waals surface area contributed by atoms with Gasteiger partial charge in [-0.1, -0.05) is 51.3 Å². The maximum atomic E-state index is 12.4. The van der Waals surface area contributed by atoms with Gasteiger partial charge in [0.1, 0.15) is 0 Å². The molecule has 0 saturated carbocycles. The van der Waals surface area contributed by atoms with E-state index in [4.69, 9.17) is 23.2 Å². The molecule has 2 N–H and O–H groups in total. The monoisotopic (exact) mass is 413 g/mol. The van der Waals surface area contributed by atoms with E-state index in [0.29, 0.717) is 16.3 Å². The molecule has 4 nitrogen and oxygen atoms in total. The largest absolute Gasteiger partial charge is 0.375 e. The van der Waals surface area contributed by atoms with Gasteiger partial charge in [0.25, 0.3) is 5.91 Å². The molecule has 7 heteroatoms. The lowest BCUT2D eigenvalue weighted by molar-refractivity contribution is -0.133. The van der Waals surface area contributed by atoms with E-state index in [-0.39, 0.29) is 16.4 Å². The number of hydrogen-bond donors (Lipinski definition) is 2. The average Bonchev–Trinajstić information content (AvgIpc) is 2.70. The van der Waals surface area contributed by atoms with Crippen molar-refractivity contribution in [2.45, 2.75) is 12.0 Å². The summed E-state index contributed by atoms with van der Waals surface area (Å²) < 4.78 is 0.828. The first-order valence-electron chi connectivity index (χ1n) is 6.63. The summed E-state index contributed by atoms with van der Waals surface area (Å²) in [5.74, 6) is -1.06. The van der Waals surface area contributed by atoms with Crippen LogP contribution in [0.5, 0.6) is 0 Å². The molecule has 0 aromatic heterocycles. The van der Waals surface area contributed by atoms with E-state index in [1.807, 2.05) is 0 Å². The Morgan fingerprint density at radius 3 is 2.52 bits per heavy atom. The molecule has 2 aromatic rings. The van der Waals surface area contributed by atoms with Crippen molar-refractivity contribution in [1.29, 1.82) is 0 Å². The number of benzene rings is 2. The molecule has 1 aliphatic heterocycles. The van der Waals surface area contributed by atoms with Gasteiger partial charge in [0.2, 0.25) is 0 Å². The smallest absolute Gasteiger partial charge is 0.261 e. The number of aliphatic hydroxyl groups is 1. The number of ketones is 1. The maximum absolute atomic E-state index is 12.4. The Labute approximate surface area is 150 Å². The first kappa shape index (κ1) is 16.5. The van der Waals surface area contributed by atoms with E-state index in [2.05, 4.69) is 21.2 Å². The van der Waals surface area contributed by atoms with Gasteiger partial charge in [-0.3, -0.25) is 9.59 Å². The first-order valence-corrected chi connectivity index (χ1v) is 8.18.